The summed E-state index contributed by atoms with van der Waals surface area (Å²) < 4.78 is 10.6. The molecular formula is C21H21N5O3. The van der Waals surface area contributed by atoms with Gasteiger partial charge in [-0.05, 0) is 38.1 Å². The minimum absolute atomic E-state index is 0.390. The highest BCUT2D eigenvalue weighted by atomic mass is 16.5. The quantitative estimate of drug-likeness (QED) is 0.770. The fourth-order valence-corrected chi connectivity index (χ4v) is 3.14. The fourth-order valence-electron chi connectivity index (χ4n) is 3.14. The van der Waals surface area contributed by atoms with Crippen LogP contribution in [0.5, 0.6) is 11.5 Å². The second-order valence-corrected chi connectivity index (χ2v) is 6.48. The van der Waals surface area contributed by atoms with Gasteiger partial charge < -0.3 is 14.8 Å². The second kappa shape index (κ2) is 8.10. The average molecular weight is 391 g/mol. The maximum atomic E-state index is 12.2. The predicted octanol–water partition coefficient (Wildman–Crippen LogP) is 3.76. The van der Waals surface area contributed by atoms with Crippen LogP contribution in [0.2, 0.25) is 0 Å². The fraction of sp³-hybridized carbons (Fsp3) is 0.286. The topological polar surface area (TPSA) is 109 Å². The van der Waals surface area contributed by atoms with Crippen molar-refractivity contribution in [2.45, 2.75) is 25.9 Å². The Balaban J connectivity index is 1.87. The van der Waals surface area contributed by atoms with Crippen LogP contribution in [0, 0.1) is 11.3 Å². The molecule has 2 aromatic rings. The van der Waals surface area contributed by atoms with Crippen molar-refractivity contribution in [1.82, 2.24) is 4.98 Å². The highest BCUT2D eigenvalue weighted by Crippen LogP contribution is 2.39. The summed E-state index contributed by atoms with van der Waals surface area (Å²) in [7, 11) is 3.20. The number of anilines is 1. The third-order valence-corrected chi connectivity index (χ3v) is 4.70. The Morgan fingerprint density at radius 2 is 2.03 bits per heavy atom. The zero-order chi connectivity index (χ0) is 21.0. The number of hydrogen-bond donors (Lipinski definition) is 1. The first kappa shape index (κ1) is 20.0. The van der Waals surface area contributed by atoms with Gasteiger partial charge in [0.15, 0.2) is 5.78 Å². The largest absolute Gasteiger partial charge is 0.497 e. The van der Waals surface area contributed by atoms with Crippen molar-refractivity contribution in [3.05, 3.63) is 53.4 Å². The van der Waals surface area contributed by atoms with Crippen molar-refractivity contribution in [2.75, 3.05) is 19.5 Å². The van der Waals surface area contributed by atoms with Crippen molar-refractivity contribution in [3.63, 3.8) is 0 Å². The number of benzene rings is 1. The Bertz CT molecular complexity index is 1050. The lowest BCUT2D eigenvalue weighted by Crippen LogP contribution is -2.33. The number of hydrogen-bond acceptors (Lipinski definition) is 8. The Labute approximate surface area is 168 Å². The van der Waals surface area contributed by atoms with Gasteiger partial charge in [0.2, 0.25) is 0 Å². The Hall–Kier alpha value is -3.73. The molecule has 0 saturated heterocycles. The molecule has 1 unspecified atom stereocenters. The zero-order valence-corrected chi connectivity index (χ0v) is 16.7. The van der Waals surface area contributed by atoms with Gasteiger partial charge in [-0.2, -0.15) is 15.5 Å². The Morgan fingerprint density at radius 3 is 2.69 bits per heavy atom. The molecule has 3 rings (SSSR count). The maximum absolute atomic E-state index is 12.2. The third-order valence-electron chi connectivity index (χ3n) is 4.70. The predicted molar refractivity (Wildman–Crippen MR) is 108 cm³/mol. The van der Waals surface area contributed by atoms with Gasteiger partial charge in [0.25, 0.3) is 5.54 Å². The maximum Gasteiger partial charge on any atom is 0.253 e. The number of ether oxygens (including phenoxy) is 2. The molecule has 1 aromatic carbocycles. The van der Waals surface area contributed by atoms with Crippen molar-refractivity contribution in [3.8, 4) is 17.6 Å². The van der Waals surface area contributed by atoms with Gasteiger partial charge in [0.1, 0.15) is 23.4 Å². The number of nitrogens with zero attached hydrogens (tertiary/aromatic N) is 4. The standard InChI is InChI=1S/C21H21N5O3/c1-13-20(21(12-22,14(2)27)26-25-13)17-6-5-7-19(24-17)23-11-15-8-9-16(28-3)10-18(15)29-4/h5-10H,11H2,1-4H3,(H,23,24). The highest BCUT2D eigenvalue weighted by Gasteiger charge is 2.46. The molecule has 1 aliphatic heterocycles. The molecule has 29 heavy (non-hydrogen) atoms. The highest BCUT2D eigenvalue weighted by molar-refractivity contribution is 6.05. The molecule has 8 nitrogen and oxygen atoms in total. The number of methoxy groups -OCH3 is 2. The first-order chi connectivity index (χ1) is 13.9. The van der Waals surface area contributed by atoms with E-state index in [-0.39, 0.29) is 0 Å². The Morgan fingerprint density at radius 1 is 1.24 bits per heavy atom. The average Bonchev–Trinajstić information content (AvgIpc) is 3.09. The number of carbonyl (C=O) groups is 1. The SMILES string of the molecule is COc1ccc(CNc2cccc(C3=C(C)N=NC3(C#N)C(C)=O)n2)c(OC)c1. The molecule has 1 aromatic heterocycles. The van der Waals surface area contributed by atoms with Crippen LogP contribution in [0.3, 0.4) is 0 Å². The molecule has 8 heteroatoms. The summed E-state index contributed by atoms with van der Waals surface area (Å²) in [5.41, 5.74) is 0.684. The number of rotatable bonds is 7. The van der Waals surface area contributed by atoms with Crippen molar-refractivity contribution < 1.29 is 14.3 Å². The zero-order valence-electron chi connectivity index (χ0n) is 16.7. The number of pyridine rings is 1. The number of nitrogens with one attached hydrogen (secondary N) is 1. The first-order valence-electron chi connectivity index (χ1n) is 8.94. The van der Waals surface area contributed by atoms with Gasteiger partial charge in [0.05, 0.1) is 31.2 Å². The van der Waals surface area contributed by atoms with Crippen molar-refractivity contribution >= 4 is 17.2 Å². The number of Topliss-reactive ketones (excluding diaryl/α,β-unsaturated/α-hetero) is 1. The van der Waals surface area contributed by atoms with Crippen LogP contribution < -0.4 is 14.8 Å². The van der Waals surface area contributed by atoms with Crippen LogP contribution in [-0.4, -0.2) is 30.5 Å². The molecule has 0 radical (unpaired) electrons. The van der Waals surface area contributed by atoms with E-state index in [0.29, 0.717) is 40.8 Å². The van der Waals surface area contributed by atoms with E-state index < -0.39 is 11.3 Å². The van der Waals surface area contributed by atoms with E-state index in [0.717, 1.165) is 5.56 Å². The van der Waals surface area contributed by atoms with E-state index in [1.54, 1.807) is 39.3 Å². The minimum Gasteiger partial charge on any atom is -0.497 e. The van der Waals surface area contributed by atoms with E-state index >= 15 is 0 Å². The molecule has 0 amide bonds. The van der Waals surface area contributed by atoms with Gasteiger partial charge in [-0.1, -0.05) is 6.07 Å². The monoisotopic (exact) mass is 391 g/mol. The molecule has 148 valence electrons. The van der Waals surface area contributed by atoms with Crippen LogP contribution in [0.15, 0.2) is 52.3 Å². The minimum atomic E-state index is -1.64. The molecular weight excluding hydrogens is 370 g/mol. The molecule has 2 heterocycles. The molecule has 1 N–H and O–H groups in total. The van der Waals surface area contributed by atoms with Gasteiger partial charge in [0, 0.05) is 18.2 Å². The number of nitriles is 1. The van der Waals surface area contributed by atoms with Gasteiger partial charge in [-0.25, -0.2) is 4.98 Å². The van der Waals surface area contributed by atoms with Crippen LogP contribution >= 0.6 is 0 Å². The summed E-state index contributed by atoms with van der Waals surface area (Å²) in [6.45, 7) is 3.51. The summed E-state index contributed by atoms with van der Waals surface area (Å²) >= 11 is 0. The summed E-state index contributed by atoms with van der Waals surface area (Å²) in [6.07, 6.45) is 0. The molecule has 0 bridgehead atoms. The smallest absolute Gasteiger partial charge is 0.253 e. The third kappa shape index (κ3) is 3.67. The summed E-state index contributed by atoms with van der Waals surface area (Å²) in [4.78, 5) is 16.7. The lowest BCUT2D eigenvalue weighted by Gasteiger charge is -2.18. The number of allylic oxidation sites excluding steroid dienone is 1. The molecule has 0 fully saturated rings. The summed E-state index contributed by atoms with van der Waals surface area (Å²) in [5.74, 6) is 1.60. The number of ketones is 1. The van der Waals surface area contributed by atoms with E-state index in [4.69, 9.17) is 9.47 Å². The van der Waals surface area contributed by atoms with E-state index in [1.807, 2.05) is 24.3 Å². The first-order valence-corrected chi connectivity index (χ1v) is 8.94. The van der Waals surface area contributed by atoms with Gasteiger partial charge in [-0.3, -0.25) is 4.79 Å². The molecule has 0 spiro atoms. The summed E-state index contributed by atoms with van der Waals surface area (Å²) in [5, 5.41) is 20.8. The molecule has 0 aliphatic carbocycles. The van der Waals surface area contributed by atoms with Crippen LogP contribution in [0.25, 0.3) is 5.57 Å². The van der Waals surface area contributed by atoms with E-state index in [2.05, 4.69) is 20.5 Å². The van der Waals surface area contributed by atoms with Crippen LogP contribution in [-0.2, 0) is 11.3 Å². The second-order valence-electron chi connectivity index (χ2n) is 6.48. The van der Waals surface area contributed by atoms with Crippen LogP contribution in [0.1, 0.15) is 25.1 Å². The number of carbonyl (C=O) groups excluding carboxylic acids is 1. The van der Waals surface area contributed by atoms with Crippen molar-refractivity contribution in [2.24, 2.45) is 10.2 Å². The normalized spacial score (nSPS) is 17.8. The lowest BCUT2D eigenvalue weighted by atomic mass is 9.85. The van der Waals surface area contributed by atoms with Gasteiger partial charge in [-0.15, -0.1) is 0 Å². The number of aromatic nitrogens is 1. The molecule has 1 aliphatic rings. The van der Waals surface area contributed by atoms with Gasteiger partial charge >= 0.3 is 0 Å². The summed E-state index contributed by atoms with van der Waals surface area (Å²) in [6, 6.07) is 12.9. The van der Waals surface area contributed by atoms with E-state index in [1.165, 1.54) is 6.92 Å². The molecule has 1 atom stereocenters. The molecule has 0 saturated carbocycles. The number of azo groups is 1. The Kier molecular flexibility index (Phi) is 5.59. The van der Waals surface area contributed by atoms with E-state index in [9.17, 15) is 10.1 Å². The van der Waals surface area contributed by atoms with Crippen molar-refractivity contribution in [1.29, 1.82) is 5.26 Å². The lowest BCUT2D eigenvalue weighted by molar-refractivity contribution is -0.118. The van der Waals surface area contributed by atoms with Crippen LogP contribution in [0.4, 0.5) is 5.82 Å².